The van der Waals surface area contributed by atoms with Crippen LogP contribution in [0.1, 0.15) is 22.5 Å². The minimum absolute atomic E-state index is 0.142. The molecule has 0 aliphatic carbocycles. The molecule has 0 saturated carbocycles. The van der Waals surface area contributed by atoms with Crippen LogP contribution < -0.4 is 4.90 Å². The van der Waals surface area contributed by atoms with Crippen molar-refractivity contribution in [3.05, 3.63) is 64.4 Å². The van der Waals surface area contributed by atoms with Gasteiger partial charge in [0.05, 0.1) is 11.9 Å². The second-order valence-electron chi connectivity index (χ2n) is 6.05. The third-order valence-electron chi connectivity index (χ3n) is 4.46. The van der Waals surface area contributed by atoms with Crippen LogP contribution in [0.25, 0.3) is 5.13 Å². The van der Waals surface area contributed by atoms with Crippen LogP contribution in [0.5, 0.6) is 0 Å². The molecule has 2 aromatic heterocycles. The molecule has 7 heteroatoms. The molecule has 0 N–H and O–H groups in total. The summed E-state index contributed by atoms with van der Waals surface area (Å²) in [5.41, 5.74) is 5.10. The van der Waals surface area contributed by atoms with Gasteiger partial charge < -0.3 is 4.90 Å². The zero-order chi connectivity index (χ0) is 18.3. The Hall–Kier alpha value is -3.06. The summed E-state index contributed by atoms with van der Waals surface area (Å²) >= 11 is 1.58. The van der Waals surface area contributed by atoms with Crippen molar-refractivity contribution in [2.45, 2.75) is 13.8 Å². The molecule has 0 atom stereocenters. The quantitative estimate of drug-likeness (QED) is 0.529. The molecule has 4 rings (SSSR count). The third kappa shape index (κ3) is 2.57. The van der Waals surface area contributed by atoms with E-state index >= 15 is 0 Å². The van der Waals surface area contributed by atoms with Gasteiger partial charge in [-0.25, -0.2) is 4.98 Å². The Morgan fingerprint density at radius 2 is 2.04 bits per heavy atom. The summed E-state index contributed by atoms with van der Waals surface area (Å²) < 4.78 is 2.09. The minimum Gasteiger partial charge on any atom is -0.309 e. The lowest BCUT2D eigenvalue weighted by Crippen LogP contribution is -2.25. The predicted molar refractivity (Wildman–Crippen MR) is 105 cm³/mol. The molecule has 0 spiro atoms. The van der Waals surface area contributed by atoms with E-state index in [2.05, 4.69) is 19.8 Å². The highest BCUT2D eigenvalue weighted by Crippen LogP contribution is 2.27. The standard InChI is InChI=1S/C19H17N5OS/c1-12-10-14(13(2)24(12)19-20-8-9-26-19)11-21-22-17-15-6-4-5-7-16(15)23(3)18(17)25/h4-11H,1-3H3/b21-11-,22-17+. The Labute approximate surface area is 155 Å². The van der Waals surface area contributed by atoms with Gasteiger partial charge >= 0.3 is 0 Å². The van der Waals surface area contributed by atoms with E-state index < -0.39 is 0 Å². The van der Waals surface area contributed by atoms with Gasteiger partial charge in [0, 0.05) is 41.1 Å². The highest BCUT2D eigenvalue weighted by atomic mass is 32.1. The van der Waals surface area contributed by atoms with Gasteiger partial charge in [0.25, 0.3) is 5.91 Å². The van der Waals surface area contributed by atoms with Crippen LogP contribution >= 0.6 is 11.3 Å². The Kier molecular flexibility index (Phi) is 4.00. The van der Waals surface area contributed by atoms with Crippen LogP contribution in [-0.4, -0.2) is 34.4 Å². The molecule has 1 aliphatic heterocycles. The summed E-state index contributed by atoms with van der Waals surface area (Å²) in [5.74, 6) is -0.142. The molecule has 0 radical (unpaired) electrons. The molecule has 130 valence electrons. The van der Waals surface area contributed by atoms with Gasteiger partial charge in [0.1, 0.15) is 0 Å². The number of carbonyl (C=O) groups excluding carboxylic acids is 1. The van der Waals surface area contributed by atoms with E-state index in [4.69, 9.17) is 0 Å². The number of rotatable bonds is 3. The van der Waals surface area contributed by atoms with Crippen molar-refractivity contribution >= 4 is 34.9 Å². The number of thiazole rings is 1. The highest BCUT2D eigenvalue weighted by molar-refractivity contribution is 7.12. The number of likely N-dealkylation sites (N-methyl/N-ethyl adjacent to an activating group) is 1. The highest BCUT2D eigenvalue weighted by Gasteiger charge is 2.31. The van der Waals surface area contributed by atoms with E-state index in [9.17, 15) is 4.79 Å². The lowest BCUT2D eigenvalue weighted by Gasteiger charge is -2.07. The SMILES string of the molecule is Cc1cc(/C=N\N=C2\C(=O)N(C)c3ccccc32)c(C)n1-c1nccs1. The van der Waals surface area contributed by atoms with Crippen LogP contribution in [-0.2, 0) is 4.79 Å². The molecular formula is C19H17N5OS. The number of nitrogens with zero attached hydrogens (tertiary/aromatic N) is 5. The summed E-state index contributed by atoms with van der Waals surface area (Å²) in [5, 5.41) is 11.3. The Morgan fingerprint density at radius 1 is 1.23 bits per heavy atom. The molecule has 0 fully saturated rings. The first kappa shape index (κ1) is 16.4. The summed E-state index contributed by atoms with van der Waals surface area (Å²) in [6.45, 7) is 4.05. The van der Waals surface area contributed by atoms with Gasteiger partial charge in [-0.3, -0.25) is 9.36 Å². The molecule has 6 nitrogen and oxygen atoms in total. The van der Waals surface area contributed by atoms with Crippen LogP contribution in [0.3, 0.4) is 0 Å². The molecule has 0 saturated heterocycles. The maximum Gasteiger partial charge on any atom is 0.279 e. The van der Waals surface area contributed by atoms with E-state index in [0.717, 1.165) is 33.3 Å². The zero-order valence-corrected chi connectivity index (χ0v) is 15.5. The first-order valence-corrected chi connectivity index (χ1v) is 9.03. The number of fused-ring (bicyclic) bond motifs is 1. The molecule has 3 aromatic rings. The van der Waals surface area contributed by atoms with Gasteiger partial charge in [0.15, 0.2) is 10.8 Å². The third-order valence-corrected chi connectivity index (χ3v) is 5.22. The monoisotopic (exact) mass is 363 g/mol. The fourth-order valence-electron chi connectivity index (χ4n) is 3.13. The average molecular weight is 363 g/mol. The Balaban J connectivity index is 1.67. The van der Waals surface area contributed by atoms with E-state index in [-0.39, 0.29) is 5.91 Å². The summed E-state index contributed by atoms with van der Waals surface area (Å²) in [7, 11) is 1.75. The smallest absolute Gasteiger partial charge is 0.279 e. The van der Waals surface area contributed by atoms with Crippen molar-refractivity contribution in [1.82, 2.24) is 9.55 Å². The number of hydrogen-bond acceptors (Lipinski definition) is 5. The summed E-state index contributed by atoms with van der Waals surface area (Å²) in [6, 6.07) is 9.63. The minimum atomic E-state index is -0.142. The van der Waals surface area contributed by atoms with Crippen molar-refractivity contribution in [1.29, 1.82) is 0 Å². The van der Waals surface area contributed by atoms with Gasteiger partial charge in [-0.2, -0.15) is 5.10 Å². The largest absolute Gasteiger partial charge is 0.309 e. The summed E-state index contributed by atoms with van der Waals surface area (Å²) in [6.07, 6.45) is 3.48. The topological polar surface area (TPSA) is 62.9 Å². The maximum absolute atomic E-state index is 12.4. The molecule has 0 bridgehead atoms. The molecule has 26 heavy (non-hydrogen) atoms. The van der Waals surface area contributed by atoms with Crippen LogP contribution in [0.15, 0.2) is 52.1 Å². The number of aromatic nitrogens is 2. The molecular weight excluding hydrogens is 346 g/mol. The van der Waals surface area contributed by atoms with E-state index in [0.29, 0.717) is 5.71 Å². The van der Waals surface area contributed by atoms with Crippen LogP contribution in [0.4, 0.5) is 5.69 Å². The van der Waals surface area contributed by atoms with Gasteiger partial charge in [-0.15, -0.1) is 16.4 Å². The number of hydrogen-bond donors (Lipinski definition) is 0. The molecule has 0 unspecified atom stereocenters. The van der Waals surface area contributed by atoms with Gasteiger partial charge in [0.2, 0.25) is 0 Å². The summed E-state index contributed by atoms with van der Waals surface area (Å²) in [4.78, 5) is 18.4. The Bertz CT molecular complexity index is 1050. The molecule has 1 amide bonds. The number of benzene rings is 1. The number of carbonyl (C=O) groups is 1. The van der Waals surface area contributed by atoms with E-state index in [1.54, 1.807) is 35.7 Å². The fraction of sp³-hybridized carbons (Fsp3) is 0.158. The number of para-hydroxylation sites is 1. The van der Waals surface area contributed by atoms with Crippen molar-refractivity contribution in [3.8, 4) is 5.13 Å². The molecule has 1 aromatic carbocycles. The van der Waals surface area contributed by atoms with Crippen LogP contribution in [0.2, 0.25) is 0 Å². The van der Waals surface area contributed by atoms with Crippen molar-refractivity contribution in [3.63, 3.8) is 0 Å². The first-order valence-electron chi connectivity index (χ1n) is 8.15. The van der Waals surface area contributed by atoms with E-state index in [1.165, 1.54) is 0 Å². The normalized spacial score (nSPS) is 15.4. The lowest BCUT2D eigenvalue weighted by molar-refractivity contribution is -0.111. The number of anilines is 1. The van der Waals surface area contributed by atoms with Gasteiger partial charge in [-0.1, -0.05) is 18.2 Å². The first-order chi connectivity index (χ1) is 12.6. The molecule has 1 aliphatic rings. The predicted octanol–water partition coefficient (Wildman–Crippen LogP) is 3.35. The second-order valence-corrected chi connectivity index (χ2v) is 6.92. The molecule has 3 heterocycles. The average Bonchev–Trinajstić information content (AvgIpc) is 3.31. The zero-order valence-electron chi connectivity index (χ0n) is 14.7. The fourth-order valence-corrected chi connectivity index (χ4v) is 3.89. The van der Waals surface area contributed by atoms with Crippen LogP contribution in [0, 0.1) is 13.8 Å². The van der Waals surface area contributed by atoms with Crippen molar-refractivity contribution in [2.75, 3.05) is 11.9 Å². The number of amides is 1. The lowest BCUT2D eigenvalue weighted by atomic mass is 10.1. The van der Waals surface area contributed by atoms with E-state index in [1.807, 2.05) is 49.6 Å². The Morgan fingerprint density at radius 3 is 2.81 bits per heavy atom. The van der Waals surface area contributed by atoms with Crippen molar-refractivity contribution < 1.29 is 4.79 Å². The van der Waals surface area contributed by atoms with Gasteiger partial charge in [-0.05, 0) is 26.0 Å². The second kappa shape index (κ2) is 6.34. The maximum atomic E-state index is 12.4. The number of aryl methyl sites for hydroxylation is 1. The van der Waals surface area contributed by atoms with Crippen molar-refractivity contribution in [2.24, 2.45) is 10.2 Å².